The predicted molar refractivity (Wildman–Crippen MR) is 73.7 cm³/mol. The van der Waals surface area contributed by atoms with Crippen LogP contribution in [0, 0.1) is 13.8 Å². The quantitative estimate of drug-likeness (QED) is 0.813. The SMILES string of the molecule is Cc1cc(NC(=O)CCOCC(F)(F)F)cc(C)c1Br. The van der Waals surface area contributed by atoms with Crippen molar-refractivity contribution in [2.45, 2.75) is 26.4 Å². The van der Waals surface area contributed by atoms with Gasteiger partial charge in [-0.25, -0.2) is 0 Å². The molecule has 0 saturated heterocycles. The molecule has 0 unspecified atom stereocenters. The number of anilines is 1. The molecule has 7 heteroatoms. The van der Waals surface area contributed by atoms with Crippen molar-refractivity contribution in [3.63, 3.8) is 0 Å². The summed E-state index contributed by atoms with van der Waals surface area (Å²) in [7, 11) is 0. The number of aryl methyl sites for hydroxylation is 2. The summed E-state index contributed by atoms with van der Waals surface area (Å²) in [6, 6.07) is 3.57. The van der Waals surface area contributed by atoms with Crippen molar-refractivity contribution in [2.24, 2.45) is 0 Å². The minimum atomic E-state index is -4.36. The molecule has 1 aromatic rings. The Labute approximate surface area is 123 Å². The van der Waals surface area contributed by atoms with Crippen molar-refractivity contribution in [2.75, 3.05) is 18.5 Å². The third-order valence-corrected chi connectivity index (χ3v) is 3.71. The maximum absolute atomic E-state index is 11.8. The Bertz CT molecular complexity index is 466. The Morgan fingerprint density at radius 3 is 2.35 bits per heavy atom. The van der Waals surface area contributed by atoms with E-state index < -0.39 is 12.8 Å². The highest BCUT2D eigenvalue weighted by Crippen LogP contribution is 2.25. The zero-order valence-corrected chi connectivity index (χ0v) is 12.7. The Morgan fingerprint density at radius 1 is 1.30 bits per heavy atom. The Balaban J connectivity index is 2.43. The van der Waals surface area contributed by atoms with Crippen LogP contribution in [0.5, 0.6) is 0 Å². The molecular formula is C13H15BrF3NO2. The molecule has 0 atom stereocenters. The topological polar surface area (TPSA) is 38.3 Å². The Morgan fingerprint density at radius 2 is 1.85 bits per heavy atom. The zero-order valence-electron chi connectivity index (χ0n) is 11.1. The molecule has 3 nitrogen and oxygen atoms in total. The molecule has 20 heavy (non-hydrogen) atoms. The smallest absolute Gasteiger partial charge is 0.372 e. The number of ether oxygens (including phenoxy) is 1. The number of alkyl halides is 3. The second-order valence-corrected chi connectivity index (χ2v) is 5.18. The molecule has 1 amide bonds. The van der Waals surface area contributed by atoms with Crippen LogP contribution in [-0.4, -0.2) is 25.3 Å². The number of carbonyl (C=O) groups is 1. The van der Waals surface area contributed by atoms with E-state index in [0.29, 0.717) is 5.69 Å². The summed E-state index contributed by atoms with van der Waals surface area (Å²) in [4.78, 5) is 11.6. The fraction of sp³-hybridized carbons (Fsp3) is 0.462. The normalized spacial score (nSPS) is 11.5. The lowest BCUT2D eigenvalue weighted by Gasteiger charge is -2.10. The van der Waals surface area contributed by atoms with Gasteiger partial charge >= 0.3 is 6.18 Å². The highest BCUT2D eigenvalue weighted by atomic mass is 79.9. The van der Waals surface area contributed by atoms with Crippen molar-refractivity contribution < 1.29 is 22.7 Å². The lowest BCUT2D eigenvalue weighted by atomic mass is 10.1. The van der Waals surface area contributed by atoms with Crippen molar-refractivity contribution >= 4 is 27.5 Å². The summed E-state index contributed by atoms with van der Waals surface area (Å²) in [6.45, 7) is 2.18. The molecule has 0 aliphatic heterocycles. The molecule has 0 spiro atoms. The lowest BCUT2D eigenvalue weighted by molar-refractivity contribution is -0.174. The first-order chi connectivity index (χ1) is 9.19. The van der Waals surface area contributed by atoms with Crippen LogP contribution in [0.1, 0.15) is 17.5 Å². The molecule has 1 aromatic carbocycles. The first-order valence-corrected chi connectivity index (χ1v) is 6.69. The van der Waals surface area contributed by atoms with Gasteiger partial charge in [-0.15, -0.1) is 0 Å². The molecule has 1 N–H and O–H groups in total. The molecule has 0 fully saturated rings. The van der Waals surface area contributed by atoms with Gasteiger partial charge in [0.25, 0.3) is 0 Å². The highest BCUT2D eigenvalue weighted by molar-refractivity contribution is 9.10. The van der Waals surface area contributed by atoms with E-state index in [1.807, 2.05) is 13.8 Å². The minimum Gasteiger partial charge on any atom is -0.372 e. The molecule has 1 rings (SSSR count). The van der Waals surface area contributed by atoms with Crippen LogP contribution in [0.3, 0.4) is 0 Å². The van der Waals surface area contributed by atoms with Gasteiger partial charge in [0.2, 0.25) is 5.91 Å². The molecule has 0 aromatic heterocycles. The third kappa shape index (κ3) is 5.92. The Hall–Kier alpha value is -1.08. The molecular weight excluding hydrogens is 339 g/mol. The second-order valence-electron chi connectivity index (χ2n) is 4.39. The van der Waals surface area contributed by atoms with Crippen LogP contribution >= 0.6 is 15.9 Å². The maximum Gasteiger partial charge on any atom is 0.411 e. The van der Waals surface area contributed by atoms with E-state index in [1.54, 1.807) is 12.1 Å². The zero-order chi connectivity index (χ0) is 15.3. The fourth-order valence-electron chi connectivity index (χ4n) is 1.59. The summed E-state index contributed by atoms with van der Waals surface area (Å²) >= 11 is 3.41. The van der Waals surface area contributed by atoms with Gasteiger partial charge in [-0.1, -0.05) is 15.9 Å². The number of amides is 1. The van der Waals surface area contributed by atoms with Gasteiger partial charge in [0.15, 0.2) is 0 Å². The molecule has 0 heterocycles. The maximum atomic E-state index is 11.8. The average molecular weight is 354 g/mol. The Kier molecular flexibility index (Phi) is 6.01. The van der Waals surface area contributed by atoms with Gasteiger partial charge < -0.3 is 10.1 Å². The van der Waals surface area contributed by atoms with E-state index in [0.717, 1.165) is 15.6 Å². The van der Waals surface area contributed by atoms with Gasteiger partial charge in [0.05, 0.1) is 13.0 Å². The van der Waals surface area contributed by atoms with E-state index in [2.05, 4.69) is 26.0 Å². The van der Waals surface area contributed by atoms with Gasteiger partial charge in [-0.3, -0.25) is 4.79 Å². The molecule has 0 radical (unpaired) electrons. The summed E-state index contributed by atoms with van der Waals surface area (Å²) in [6.07, 6.45) is -4.49. The molecule has 0 saturated carbocycles. The highest BCUT2D eigenvalue weighted by Gasteiger charge is 2.27. The van der Waals surface area contributed by atoms with E-state index in [-0.39, 0.29) is 18.9 Å². The second kappa shape index (κ2) is 7.08. The summed E-state index contributed by atoms with van der Waals surface area (Å²) < 4.78 is 40.8. The van der Waals surface area contributed by atoms with Gasteiger partial charge in [-0.2, -0.15) is 13.2 Å². The molecule has 0 bridgehead atoms. The molecule has 112 valence electrons. The van der Waals surface area contributed by atoms with Crippen molar-refractivity contribution in [1.82, 2.24) is 0 Å². The van der Waals surface area contributed by atoms with Crippen LogP contribution in [0.4, 0.5) is 18.9 Å². The summed E-state index contributed by atoms with van der Waals surface area (Å²) in [5.41, 5.74) is 2.55. The largest absolute Gasteiger partial charge is 0.411 e. The van der Waals surface area contributed by atoms with E-state index in [4.69, 9.17) is 0 Å². The monoisotopic (exact) mass is 353 g/mol. The van der Waals surface area contributed by atoms with Crippen molar-refractivity contribution in [3.05, 3.63) is 27.7 Å². The van der Waals surface area contributed by atoms with E-state index in [1.165, 1.54) is 0 Å². The van der Waals surface area contributed by atoms with Crippen LogP contribution in [0.15, 0.2) is 16.6 Å². The molecule has 0 aliphatic carbocycles. The first kappa shape index (κ1) is 17.0. The third-order valence-electron chi connectivity index (χ3n) is 2.46. The predicted octanol–water partition coefficient (Wildman–Crippen LogP) is 3.97. The van der Waals surface area contributed by atoms with Crippen LogP contribution in [-0.2, 0) is 9.53 Å². The minimum absolute atomic E-state index is 0.121. The number of benzene rings is 1. The lowest BCUT2D eigenvalue weighted by Crippen LogP contribution is -2.20. The average Bonchev–Trinajstić information content (AvgIpc) is 2.30. The standard InChI is InChI=1S/C13H15BrF3NO2/c1-8-5-10(6-9(2)12(8)14)18-11(19)3-4-20-7-13(15,16)17/h5-6H,3-4,7H2,1-2H3,(H,18,19). The van der Waals surface area contributed by atoms with E-state index >= 15 is 0 Å². The van der Waals surface area contributed by atoms with Crippen molar-refractivity contribution in [1.29, 1.82) is 0 Å². The fourth-order valence-corrected chi connectivity index (χ4v) is 1.82. The number of halogens is 4. The molecule has 0 aliphatic rings. The first-order valence-electron chi connectivity index (χ1n) is 5.90. The van der Waals surface area contributed by atoms with Crippen LogP contribution in [0.2, 0.25) is 0 Å². The van der Waals surface area contributed by atoms with Crippen molar-refractivity contribution in [3.8, 4) is 0 Å². The van der Waals surface area contributed by atoms with E-state index in [9.17, 15) is 18.0 Å². The number of carbonyl (C=O) groups excluding carboxylic acids is 1. The number of nitrogens with one attached hydrogen (secondary N) is 1. The summed E-state index contributed by atoms with van der Waals surface area (Å²) in [5.74, 6) is -0.381. The summed E-state index contributed by atoms with van der Waals surface area (Å²) in [5, 5.41) is 2.63. The van der Waals surface area contributed by atoms with Crippen LogP contribution < -0.4 is 5.32 Å². The number of hydrogen-bond acceptors (Lipinski definition) is 2. The van der Waals surface area contributed by atoms with Gasteiger partial charge in [-0.05, 0) is 37.1 Å². The van der Waals surface area contributed by atoms with Gasteiger partial charge in [0.1, 0.15) is 6.61 Å². The number of hydrogen-bond donors (Lipinski definition) is 1. The van der Waals surface area contributed by atoms with Gasteiger partial charge in [0, 0.05) is 10.2 Å². The number of rotatable bonds is 5. The van der Waals surface area contributed by atoms with Crippen LogP contribution in [0.25, 0.3) is 0 Å².